The highest BCUT2D eigenvalue weighted by atomic mass is 16.5. The van der Waals surface area contributed by atoms with Gasteiger partial charge in [0.1, 0.15) is 5.75 Å². The number of aromatic nitrogens is 1. The van der Waals surface area contributed by atoms with E-state index in [9.17, 15) is 4.79 Å². The maximum atomic E-state index is 12.6. The van der Waals surface area contributed by atoms with Crippen LogP contribution in [0.25, 0.3) is 0 Å². The van der Waals surface area contributed by atoms with Crippen LogP contribution in [0.1, 0.15) is 57.2 Å². The Balaban J connectivity index is 2.09. The van der Waals surface area contributed by atoms with E-state index in [-0.39, 0.29) is 5.91 Å². The molecule has 0 spiro atoms. The first-order valence-electron chi connectivity index (χ1n) is 9.72. The number of carbonyl (C=O) groups excluding carboxylic acids is 1. The predicted molar refractivity (Wildman–Crippen MR) is 106 cm³/mol. The fourth-order valence-corrected chi connectivity index (χ4v) is 3.04. The van der Waals surface area contributed by atoms with Crippen molar-refractivity contribution in [3.63, 3.8) is 0 Å². The van der Waals surface area contributed by atoms with E-state index in [1.165, 1.54) is 11.3 Å². The van der Waals surface area contributed by atoms with E-state index in [2.05, 4.69) is 48.9 Å². The van der Waals surface area contributed by atoms with Gasteiger partial charge in [0.15, 0.2) is 0 Å². The molecule has 0 fully saturated rings. The minimum atomic E-state index is 0.273. The molecule has 1 aromatic carbocycles. The van der Waals surface area contributed by atoms with Crippen molar-refractivity contribution in [1.29, 1.82) is 0 Å². The van der Waals surface area contributed by atoms with E-state index in [0.29, 0.717) is 13.0 Å². The Morgan fingerprint density at radius 3 is 2.65 bits per heavy atom. The zero-order valence-corrected chi connectivity index (χ0v) is 16.4. The Morgan fingerprint density at radius 1 is 1.12 bits per heavy atom. The summed E-state index contributed by atoms with van der Waals surface area (Å²) in [7, 11) is 1.69. The van der Waals surface area contributed by atoms with E-state index in [0.717, 1.165) is 44.5 Å². The van der Waals surface area contributed by atoms with Crippen LogP contribution in [0.3, 0.4) is 0 Å². The molecule has 0 saturated heterocycles. The maximum absolute atomic E-state index is 12.6. The summed E-state index contributed by atoms with van der Waals surface area (Å²) in [5.41, 5.74) is 2.37. The van der Waals surface area contributed by atoms with Gasteiger partial charge in [-0.2, -0.15) is 0 Å². The van der Waals surface area contributed by atoms with Crippen LogP contribution in [0, 0.1) is 0 Å². The Bertz CT molecular complexity index is 678. The number of hydrogen-bond acceptors (Lipinski definition) is 2. The van der Waals surface area contributed by atoms with E-state index >= 15 is 0 Å². The molecular formula is C22H32N2O2. The molecular weight excluding hydrogens is 324 g/mol. The smallest absolute Gasteiger partial charge is 0.222 e. The van der Waals surface area contributed by atoms with Gasteiger partial charge in [-0.25, -0.2) is 0 Å². The van der Waals surface area contributed by atoms with Crippen LogP contribution in [0.15, 0.2) is 42.6 Å². The highest BCUT2D eigenvalue weighted by Gasteiger charge is 2.15. The SMILES string of the molecule is CCCCC(=O)N(CCCC)Cc1cccn1Cc1cccc(OC)c1. The molecule has 1 amide bonds. The van der Waals surface area contributed by atoms with Crippen molar-refractivity contribution in [2.75, 3.05) is 13.7 Å². The van der Waals surface area contributed by atoms with Gasteiger partial charge in [-0.15, -0.1) is 0 Å². The van der Waals surface area contributed by atoms with Crippen LogP contribution in [-0.2, 0) is 17.9 Å². The van der Waals surface area contributed by atoms with Gasteiger partial charge >= 0.3 is 0 Å². The molecule has 0 bridgehead atoms. The third-order valence-corrected chi connectivity index (χ3v) is 4.64. The van der Waals surface area contributed by atoms with Crippen molar-refractivity contribution in [2.45, 2.75) is 59.0 Å². The van der Waals surface area contributed by atoms with Crippen LogP contribution >= 0.6 is 0 Å². The zero-order chi connectivity index (χ0) is 18.8. The van der Waals surface area contributed by atoms with Crippen LogP contribution in [-0.4, -0.2) is 29.0 Å². The number of hydrogen-bond donors (Lipinski definition) is 0. The Labute approximate surface area is 157 Å². The zero-order valence-electron chi connectivity index (χ0n) is 16.4. The van der Waals surface area contributed by atoms with E-state index in [1.54, 1.807) is 7.11 Å². The molecule has 0 N–H and O–H groups in total. The molecule has 0 unspecified atom stereocenters. The molecule has 0 atom stereocenters. The topological polar surface area (TPSA) is 34.5 Å². The number of nitrogens with zero attached hydrogens (tertiary/aromatic N) is 2. The minimum Gasteiger partial charge on any atom is -0.497 e. The predicted octanol–water partition coefficient (Wildman–Crippen LogP) is 4.86. The molecule has 1 heterocycles. The summed E-state index contributed by atoms with van der Waals surface area (Å²) in [6, 6.07) is 12.3. The summed E-state index contributed by atoms with van der Waals surface area (Å²) in [4.78, 5) is 14.6. The van der Waals surface area contributed by atoms with Gasteiger partial charge in [0.25, 0.3) is 0 Å². The Kier molecular flexibility index (Phi) is 8.26. The molecule has 2 rings (SSSR count). The quantitative estimate of drug-likeness (QED) is 0.576. The van der Waals surface area contributed by atoms with Crippen molar-refractivity contribution < 1.29 is 9.53 Å². The number of benzene rings is 1. The van der Waals surface area contributed by atoms with Crippen molar-refractivity contribution in [2.24, 2.45) is 0 Å². The summed E-state index contributed by atoms with van der Waals surface area (Å²) in [6.07, 6.45) is 6.91. The number of amides is 1. The highest BCUT2D eigenvalue weighted by Crippen LogP contribution is 2.16. The van der Waals surface area contributed by atoms with Crippen molar-refractivity contribution >= 4 is 5.91 Å². The van der Waals surface area contributed by atoms with Gasteiger partial charge in [-0.3, -0.25) is 4.79 Å². The van der Waals surface area contributed by atoms with Gasteiger partial charge in [0.05, 0.1) is 13.7 Å². The molecule has 0 radical (unpaired) electrons. The van der Waals surface area contributed by atoms with Gasteiger partial charge in [-0.05, 0) is 42.7 Å². The first-order valence-corrected chi connectivity index (χ1v) is 9.72. The lowest BCUT2D eigenvalue weighted by molar-refractivity contribution is -0.132. The standard InChI is InChI=1S/C22H32N2O2/c1-4-6-13-22(25)24(14-7-5-2)18-20-11-9-15-23(20)17-19-10-8-12-21(16-19)26-3/h8-12,15-16H,4-7,13-14,17-18H2,1-3H3. The summed E-state index contributed by atoms with van der Waals surface area (Å²) < 4.78 is 7.54. The highest BCUT2D eigenvalue weighted by molar-refractivity contribution is 5.76. The molecule has 0 aliphatic carbocycles. The fourth-order valence-electron chi connectivity index (χ4n) is 3.04. The van der Waals surface area contributed by atoms with Crippen molar-refractivity contribution in [3.8, 4) is 5.75 Å². The largest absolute Gasteiger partial charge is 0.497 e. The molecule has 1 aromatic heterocycles. The van der Waals surface area contributed by atoms with Gasteiger partial charge in [0.2, 0.25) is 5.91 Å². The monoisotopic (exact) mass is 356 g/mol. The van der Waals surface area contributed by atoms with E-state index < -0.39 is 0 Å². The van der Waals surface area contributed by atoms with Crippen LogP contribution in [0.5, 0.6) is 5.75 Å². The molecule has 0 aliphatic heterocycles. The van der Waals surface area contributed by atoms with Crippen LogP contribution < -0.4 is 4.74 Å². The summed E-state index contributed by atoms with van der Waals surface area (Å²) in [6.45, 7) is 6.59. The molecule has 142 valence electrons. The van der Waals surface area contributed by atoms with Crippen molar-refractivity contribution in [3.05, 3.63) is 53.9 Å². The number of unbranched alkanes of at least 4 members (excludes halogenated alkanes) is 2. The Hall–Kier alpha value is -2.23. The second kappa shape index (κ2) is 10.7. The summed E-state index contributed by atoms with van der Waals surface area (Å²) in [5, 5.41) is 0. The van der Waals surface area contributed by atoms with Gasteiger partial charge in [-0.1, -0.05) is 38.8 Å². The van der Waals surface area contributed by atoms with Crippen LogP contribution in [0.2, 0.25) is 0 Å². The number of methoxy groups -OCH3 is 1. The summed E-state index contributed by atoms with van der Waals surface area (Å²) in [5.74, 6) is 1.14. The first kappa shape index (κ1) is 20.1. The fraction of sp³-hybridized carbons (Fsp3) is 0.500. The number of rotatable bonds is 11. The second-order valence-corrected chi connectivity index (χ2v) is 6.75. The molecule has 4 heteroatoms. The van der Waals surface area contributed by atoms with Gasteiger partial charge < -0.3 is 14.2 Å². The normalized spacial score (nSPS) is 10.7. The first-order chi connectivity index (χ1) is 12.7. The number of ether oxygens (including phenoxy) is 1. The average molecular weight is 357 g/mol. The molecule has 0 saturated carbocycles. The van der Waals surface area contributed by atoms with E-state index in [1.807, 2.05) is 17.0 Å². The molecule has 2 aromatic rings. The Morgan fingerprint density at radius 2 is 1.92 bits per heavy atom. The minimum absolute atomic E-state index is 0.273. The van der Waals surface area contributed by atoms with E-state index in [4.69, 9.17) is 4.74 Å². The second-order valence-electron chi connectivity index (χ2n) is 6.75. The van der Waals surface area contributed by atoms with Crippen molar-refractivity contribution in [1.82, 2.24) is 9.47 Å². The van der Waals surface area contributed by atoms with Gasteiger partial charge in [0, 0.05) is 31.4 Å². The third kappa shape index (κ3) is 5.94. The van der Waals surface area contributed by atoms with Crippen LogP contribution in [0.4, 0.5) is 0 Å². The molecule has 4 nitrogen and oxygen atoms in total. The lowest BCUT2D eigenvalue weighted by Crippen LogP contribution is -2.32. The third-order valence-electron chi connectivity index (χ3n) is 4.64. The average Bonchev–Trinajstić information content (AvgIpc) is 3.09. The molecule has 0 aliphatic rings. The number of carbonyl (C=O) groups is 1. The summed E-state index contributed by atoms with van der Waals surface area (Å²) >= 11 is 0. The molecule has 26 heavy (non-hydrogen) atoms. The lowest BCUT2D eigenvalue weighted by atomic mass is 10.2. The maximum Gasteiger partial charge on any atom is 0.222 e. The lowest BCUT2D eigenvalue weighted by Gasteiger charge is -2.23.